The van der Waals surface area contributed by atoms with Crippen molar-refractivity contribution < 1.29 is 38.0 Å². The molecule has 242 valence electrons. The van der Waals surface area contributed by atoms with Gasteiger partial charge in [0.05, 0.1) is 42.7 Å². The van der Waals surface area contributed by atoms with Crippen LogP contribution in [0.1, 0.15) is 22.3 Å². The molecule has 0 aliphatic carbocycles. The number of hydrogen-bond donors (Lipinski definition) is 2. The number of nitrogens with one attached hydrogen (secondary N) is 2. The lowest BCUT2D eigenvalue weighted by Gasteiger charge is -2.12. The molecular weight excluding hydrogens is 588 g/mol. The molecule has 0 radical (unpaired) electrons. The Hall–Kier alpha value is -5.64. The highest BCUT2D eigenvalue weighted by atomic mass is 16.5. The van der Waals surface area contributed by atoms with Gasteiger partial charge in [-0.3, -0.25) is 9.59 Å². The number of benzene rings is 3. The van der Waals surface area contributed by atoms with Crippen LogP contribution in [0.3, 0.4) is 0 Å². The molecule has 46 heavy (non-hydrogen) atoms. The Morgan fingerprint density at radius 1 is 0.543 bits per heavy atom. The summed E-state index contributed by atoms with van der Waals surface area (Å²) in [6.45, 7) is 0.681. The van der Waals surface area contributed by atoms with Gasteiger partial charge in [0.25, 0.3) is 0 Å². The summed E-state index contributed by atoms with van der Waals surface area (Å²) in [5, 5.41) is 5.73. The normalized spacial score (nSPS) is 11.3. The zero-order valence-corrected chi connectivity index (χ0v) is 26.9. The van der Waals surface area contributed by atoms with Crippen LogP contribution in [-0.4, -0.2) is 54.5 Å². The molecule has 0 bridgehead atoms. The van der Waals surface area contributed by atoms with Gasteiger partial charge in [-0.25, -0.2) is 0 Å². The van der Waals surface area contributed by atoms with Crippen LogP contribution in [0.2, 0.25) is 0 Å². The highest BCUT2D eigenvalue weighted by molar-refractivity contribution is 5.88. The molecule has 0 saturated heterocycles. The SMILES string of the molecule is COc1cc(C=CC=CC(=O)NCc2cccc(CNC(=O)C=CC=Cc3cc(OC)c(OC)c(OC)c3)c2)cc(OC)c1OC. The Bertz CT molecular complexity index is 1440. The summed E-state index contributed by atoms with van der Waals surface area (Å²) in [6, 6.07) is 14.9. The Balaban J connectivity index is 1.47. The summed E-state index contributed by atoms with van der Waals surface area (Å²) >= 11 is 0. The van der Waals surface area contributed by atoms with Crippen LogP contribution < -0.4 is 39.1 Å². The maximum Gasteiger partial charge on any atom is 0.244 e. The lowest BCUT2D eigenvalue weighted by molar-refractivity contribution is -0.117. The predicted octanol–water partition coefficient (Wildman–Crippen LogP) is 5.51. The lowest BCUT2D eigenvalue weighted by Crippen LogP contribution is -2.21. The summed E-state index contributed by atoms with van der Waals surface area (Å²) < 4.78 is 32.2. The number of allylic oxidation sites excluding steroid dienone is 4. The fourth-order valence-corrected chi connectivity index (χ4v) is 4.36. The van der Waals surface area contributed by atoms with Crippen molar-refractivity contribution in [3.8, 4) is 34.5 Å². The first-order chi connectivity index (χ1) is 22.3. The summed E-state index contributed by atoms with van der Waals surface area (Å²) in [7, 11) is 9.32. The van der Waals surface area contributed by atoms with Crippen molar-refractivity contribution >= 4 is 24.0 Å². The number of hydrogen-bond acceptors (Lipinski definition) is 8. The van der Waals surface area contributed by atoms with Crippen molar-refractivity contribution in [3.63, 3.8) is 0 Å². The average molecular weight is 629 g/mol. The smallest absolute Gasteiger partial charge is 0.244 e. The highest BCUT2D eigenvalue weighted by Gasteiger charge is 2.13. The Morgan fingerprint density at radius 2 is 0.913 bits per heavy atom. The van der Waals surface area contributed by atoms with Gasteiger partial charge in [-0.15, -0.1) is 0 Å². The first kappa shape index (κ1) is 34.8. The fourth-order valence-electron chi connectivity index (χ4n) is 4.36. The molecule has 0 aliphatic rings. The Morgan fingerprint density at radius 3 is 1.24 bits per heavy atom. The second kappa shape index (κ2) is 18.2. The van der Waals surface area contributed by atoms with Gasteiger partial charge < -0.3 is 39.1 Å². The number of rotatable bonds is 16. The minimum absolute atomic E-state index is 0.238. The molecule has 2 N–H and O–H groups in total. The standard InChI is InChI=1S/C36H40N2O8/c1-41-29-19-25(20-30(42-2)35(29)45-5)12-7-9-16-33(39)37-23-27-14-11-15-28(18-27)24-38-34(40)17-10-8-13-26-21-31(43-3)36(46-6)32(22-26)44-4/h7-22H,23-24H2,1-6H3,(H,37,39)(H,38,40). The lowest BCUT2D eigenvalue weighted by atomic mass is 10.1. The molecule has 10 heteroatoms. The summed E-state index contributed by atoms with van der Waals surface area (Å²) in [4.78, 5) is 24.7. The number of ether oxygens (including phenoxy) is 6. The number of carbonyl (C=O) groups excluding carboxylic acids is 2. The second-order valence-electron chi connectivity index (χ2n) is 9.61. The first-order valence-electron chi connectivity index (χ1n) is 14.3. The fraction of sp³-hybridized carbons (Fsp3) is 0.222. The molecule has 0 unspecified atom stereocenters. The van der Waals surface area contributed by atoms with Gasteiger partial charge in [-0.2, -0.15) is 0 Å². The van der Waals surface area contributed by atoms with Crippen molar-refractivity contribution in [1.29, 1.82) is 0 Å². The van der Waals surface area contributed by atoms with Crippen molar-refractivity contribution in [2.75, 3.05) is 42.7 Å². The van der Waals surface area contributed by atoms with Gasteiger partial charge >= 0.3 is 0 Å². The maximum absolute atomic E-state index is 12.3. The third-order valence-electron chi connectivity index (χ3n) is 6.59. The van der Waals surface area contributed by atoms with Gasteiger partial charge in [0.2, 0.25) is 23.3 Å². The van der Waals surface area contributed by atoms with E-state index in [1.54, 1.807) is 67.0 Å². The molecule has 0 heterocycles. The van der Waals surface area contributed by atoms with Crippen molar-refractivity contribution in [2.45, 2.75) is 13.1 Å². The monoisotopic (exact) mass is 628 g/mol. The quantitative estimate of drug-likeness (QED) is 0.158. The summed E-state index contributed by atoms with van der Waals surface area (Å²) in [5.41, 5.74) is 3.47. The molecule has 2 amide bonds. The minimum atomic E-state index is -0.238. The van der Waals surface area contributed by atoms with Crippen LogP contribution in [0, 0.1) is 0 Å². The van der Waals surface area contributed by atoms with Gasteiger partial charge in [-0.1, -0.05) is 60.7 Å². The Labute approximate surface area is 269 Å². The van der Waals surface area contributed by atoms with Crippen molar-refractivity contribution in [1.82, 2.24) is 10.6 Å². The largest absolute Gasteiger partial charge is 0.493 e. The molecule has 0 fully saturated rings. The topological polar surface area (TPSA) is 114 Å². The molecule has 0 saturated carbocycles. The number of methoxy groups -OCH3 is 6. The molecule has 3 aromatic carbocycles. The number of amides is 2. The molecule has 10 nitrogen and oxygen atoms in total. The van der Waals surface area contributed by atoms with Crippen LogP contribution in [0.5, 0.6) is 34.5 Å². The molecular formula is C36H40N2O8. The van der Waals surface area contributed by atoms with Crippen LogP contribution >= 0.6 is 0 Å². The van der Waals surface area contributed by atoms with E-state index in [1.165, 1.54) is 12.2 Å². The first-order valence-corrected chi connectivity index (χ1v) is 14.3. The Kier molecular flexibility index (Phi) is 13.8. The van der Waals surface area contributed by atoms with Crippen LogP contribution in [-0.2, 0) is 22.7 Å². The van der Waals surface area contributed by atoms with E-state index in [0.29, 0.717) is 47.6 Å². The summed E-state index contributed by atoms with van der Waals surface area (Å²) in [5.74, 6) is 2.73. The van der Waals surface area contributed by atoms with E-state index in [4.69, 9.17) is 28.4 Å². The highest BCUT2D eigenvalue weighted by Crippen LogP contribution is 2.39. The zero-order chi connectivity index (χ0) is 33.3. The van der Waals surface area contributed by atoms with Gasteiger partial charge in [0, 0.05) is 25.2 Å². The third-order valence-corrected chi connectivity index (χ3v) is 6.59. The van der Waals surface area contributed by atoms with Gasteiger partial charge in [-0.05, 0) is 46.5 Å². The number of carbonyl (C=O) groups is 2. The van der Waals surface area contributed by atoms with E-state index in [0.717, 1.165) is 22.3 Å². The predicted molar refractivity (Wildman–Crippen MR) is 179 cm³/mol. The average Bonchev–Trinajstić information content (AvgIpc) is 3.09. The second-order valence-corrected chi connectivity index (χ2v) is 9.61. The van der Waals surface area contributed by atoms with E-state index in [1.807, 2.05) is 60.7 Å². The van der Waals surface area contributed by atoms with Crippen LogP contribution in [0.25, 0.3) is 12.2 Å². The van der Waals surface area contributed by atoms with E-state index < -0.39 is 0 Å². The molecule has 0 spiro atoms. The molecule has 3 aromatic rings. The molecule has 0 atom stereocenters. The van der Waals surface area contributed by atoms with E-state index in [2.05, 4.69) is 10.6 Å². The zero-order valence-electron chi connectivity index (χ0n) is 26.9. The molecule has 3 rings (SSSR count). The maximum atomic E-state index is 12.3. The minimum Gasteiger partial charge on any atom is -0.493 e. The van der Waals surface area contributed by atoms with Crippen LogP contribution in [0.15, 0.2) is 85.0 Å². The van der Waals surface area contributed by atoms with E-state index >= 15 is 0 Å². The van der Waals surface area contributed by atoms with Crippen molar-refractivity contribution in [3.05, 3.63) is 107 Å². The van der Waals surface area contributed by atoms with Gasteiger partial charge in [0.15, 0.2) is 23.0 Å². The molecule has 0 aromatic heterocycles. The van der Waals surface area contributed by atoms with Crippen molar-refractivity contribution in [2.24, 2.45) is 0 Å². The van der Waals surface area contributed by atoms with E-state index in [-0.39, 0.29) is 11.8 Å². The van der Waals surface area contributed by atoms with Crippen LogP contribution in [0.4, 0.5) is 0 Å². The van der Waals surface area contributed by atoms with E-state index in [9.17, 15) is 9.59 Å². The van der Waals surface area contributed by atoms with Gasteiger partial charge in [0.1, 0.15) is 0 Å². The molecule has 0 aliphatic heterocycles. The third kappa shape index (κ3) is 10.2. The summed E-state index contributed by atoms with van der Waals surface area (Å²) in [6.07, 6.45) is 13.3.